The molecule has 0 bridgehead atoms. The van der Waals surface area contributed by atoms with Crippen LogP contribution in [0.1, 0.15) is 11.1 Å². The average molecular weight is 551 g/mol. The van der Waals surface area contributed by atoms with E-state index >= 15 is 0 Å². The second-order valence-corrected chi connectivity index (χ2v) is 10.2. The van der Waals surface area contributed by atoms with Crippen molar-refractivity contribution in [2.45, 2.75) is 17.5 Å². The first-order chi connectivity index (χ1) is 19.6. The van der Waals surface area contributed by atoms with Crippen molar-refractivity contribution in [3.63, 3.8) is 0 Å². The zero-order chi connectivity index (χ0) is 27.1. The number of aromatic amines is 1. The molecule has 4 aromatic heterocycles. The molecule has 0 radical (unpaired) electrons. The molecule has 6 aromatic rings. The molecule has 0 atom stereocenters. The van der Waals surface area contributed by atoms with Crippen LogP contribution in [0.4, 0.5) is 0 Å². The normalized spacial score (nSPS) is 12.7. The first-order valence-electron chi connectivity index (χ1n) is 12.7. The van der Waals surface area contributed by atoms with E-state index < -0.39 is 0 Å². The minimum Gasteiger partial charge on any atom is -0.486 e. The van der Waals surface area contributed by atoms with Crippen molar-refractivity contribution in [1.29, 1.82) is 0 Å². The van der Waals surface area contributed by atoms with Gasteiger partial charge in [-0.1, -0.05) is 48.2 Å². The summed E-state index contributed by atoms with van der Waals surface area (Å²) in [7, 11) is 0. The van der Waals surface area contributed by atoms with Crippen molar-refractivity contribution in [3.05, 3.63) is 111 Å². The molecule has 0 saturated heterocycles. The molecule has 10 nitrogen and oxygen atoms in total. The Morgan fingerprint density at radius 1 is 0.800 bits per heavy atom. The third-order valence-electron chi connectivity index (χ3n) is 6.67. The fourth-order valence-electron chi connectivity index (χ4n) is 4.67. The average Bonchev–Trinajstić information content (AvgIpc) is 3.46. The van der Waals surface area contributed by atoms with E-state index in [0.29, 0.717) is 69.9 Å². The highest BCUT2D eigenvalue weighted by atomic mass is 32.2. The van der Waals surface area contributed by atoms with Gasteiger partial charge in [-0.25, -0.2) is 10.1 Å². The summed E-state index contributed by atoms with van der Waals surface area (Å²) < 4.78 is 14.2. The zero-order valence-electron chi connectivity index (χ0n) is 21.1. The number of thioether (sulfide) groups is 1. The van der Waals surface area contributed by atoms with Gasteiger partial charge in [0.05, 0.1) is 28.4 Å². The minimum absolute atomic E-state index is 0.240. The fraction of sp³-hybridized carbons (Fsp3) is 0.138. The second kappa shape index (κ2) is 10.0. The summed E-state index contributed by atoms with van der Waals surface area (Å²) in [6, 6.07) is 20.8. The summed E-state index contributed by atoms with van der Waals surface area (Å²) in [5, 5.41) is 8.31. The largest absolute Gasteiger partial charge is 0.486 e. The Balaban J connectivity index is 1.21. The number of hydrogen-bond donors (Lipinski definition) is 1. The maximum atomic E-state index is 13.5. The van der Waals surface area contributed by atoms with Crippen LogP contribution >= 0.6 is 11.8 Å². The Kier molecular flexibility index (Phi) is 6.05. The minimum atomic E-state index is -0.343. The number of fused-ring (bicyclic) bond motifs is 3. The topological polar surface area (TPSA) is 117 Å². The highest BCUT2D eigenvalue weighted by molar-refractivity contribution is 7.98. The summed E-state index contributed by atoms with van der Waals surface area (Å²) in [5.74, 6) is 2.37. The van der Waals surface area contributed by atoms with Crippen molar-refractivity contribution < 1.29 is 9.47 Å². The van der Waals surface area contributed by atoms with E-state index in [4.69, 9.17) is 9.47 Å². The van der Waals surface area contributed by atoms with E-state index in [1.165, 1.54) is 16.3 Å². The van der Waals surface area contributed by atoms with Gasteiger partial charge >= 0.3 is 0 Å². The molecule has 40 heavy (non-hydrogen) atoms. The van der Waals surface area contributed by atoms with Crippen LogP contribution in [-0.4, -0.2) is 42.5 Å². The van der Waals surface area contributed by atoms with Gasteiger partial charge in [-0.3, -0.25) is 14.2 Å². The Labute approximate surface area is 231 Å². The number of ether oxygens (including phenoxy) is 2. The Hall–Kier alpha value is -4.90. The van der Waals surface area contributed by atoms with Crippen molar-refractivity contribution in [2.75, 3.05) is 13.2 Å². The maximum Gasteiger partial charge on any atom is 0.266 e. The zero-order valence-corrected chi connectivity index (χ0v) is 21.9. The highest BCUT2D eigenvalue weighted by Gasteiger charge is 2.15. The monoisotopic (exact) mass is 550 g/mol. The van der Waals surface area contributed by atoms with Crippen LogP contribution in [-0.2, 0) is 12.3 Å². The van der Waals surface area contributed by atoms with Crippen LogP contribution in [0.5, 0.6) is 11.5 Å². The number of pyridine rings is 3. The molecule has 1 aliphatic heterocycles. The molecule has 0 spiro atoms. The summed E-state index contributed by atoms with van der Waals surface area (Å²) in [6.45, 7) is 1.35. The predicted octanol–water partition coefficient (Wildman–Crippen LogP) is 3.93. The van der Waals surface area contributed by atoms with Crippen LogP contribution in [0, 0.1) is 0 Å². The molecular formula is C29H22N6O4S. The molecule has 5 heterocycles. The molecule has 11 heteroatoms. The van der Waals surface area contributed by atoms with Crippen molar-refractivity contribution in [2.24, 2.45) is 0 Å². The number of aromatic nitrogens is 6. The number of nitrogens with zero attached hydrogens (tertiary/aromatic N) is 5. The van der Waals surface area contributed by atoms with Gasteiger partial charge < -0.3 is 14.0 Å². The third-order valence-corrected chi connectivity index (χ3v) is 7.59. The predicted molar refractivity (Wildman–Crippen MR) is 152 cm³/mol. The van der Waals surface area contributed by atoms with E-state index in [1.807, 2.05) is 48.5 Å². The molecule has 7 rings (SSSR count). The summed E-state index contributed by atoms with van der Waals surface area (Å²) in [6.07, 6.45) is 3.32. The van der Waals surface area contributed by atoms with E-state index in [1.54, 1.807) is 35.2 Å². The number of benzene rings is 2. The first kappa shape index (κ1) is 24.2. The SMILES string of the molecule is O=c1c2cc3c(=O)n(-c4nc(SCc5ccccc5)n[nH]4)ccc3nc2ccn1Cc1ccc2c(c1)OCCO2. The van der Waals surface area contributed by atoms with E-state index in [2.05, 4.69) is 20.2 Å². The standard InChI is InChI=1S/C29H22N6O4S/c36-26-20-15-21-23(30-22(20)8-10-34(26)16-19-6-7-24-25(14-19)39-13-12-38-24)9-11-35(27(21)37)28-31-29(33-32-28)40-17-18-4-2-1-3-5-18/h1-11,14-15H,12-13,16-17H2,(H,31,32,33). The molecule has 0 saturated carbocycles. The van der Waals surface area contributed by atoms with Gasteiger partial charge in [0.1, 0.15) is 13.2 Å². The first-order valence-corrected chi connectivity index (χ1v) is 13.6. The molecular weight excluding hydrogens is 528 g/mol. The molecule has 2 aromatic carbocycles. The second-order valence-electron chi connectivity index (χ2n) is 9.29. The van der Waals surface area contributed by atoms with Crippen molar-refractivity contribution >= 4 is 33.6 Å². The number of rotatable bonds is 6. The van der Waals surface area contributed by atoms with Crippen LogP contribution < -0.4 is 20.6 Å². The lowest BCUT2D eigenvalue weighted by molar-refractivity contribution is 0.171. The van der Waals surface area contributed by atoms with Gasteiger partial charge in [-0.15, -0.1) is 5.10 Å². The van der Waals surface area contributed by atoms with Gasteiger partial charge in [0, 0.05) is 18.1 Å². The summed E-state index contributed by atoms with van der Waals surface area (Å²) >= 11 is 1.47. The molecule has 1 N–H and O–H groups in total. The Bertz CT molecular complexity index is 2000. The Morgan fingerprint density at radius 2 is 1.57 bits per heavy atom. The van der Waals surface area contributed by atoms with Crippen LogP contribution in [0.2, 0.25) is 0 Å². The lowest BCUT2D eigenvalue weighted by Crippen LogP contribution is -2.22. The van der Waals surface area contributed by atoms with Gasteiger partial charge in [0.2, 0.25) is 11.1 Å². The van der Waals surface area contributed by atoms with E-state index in [-0.39, 0.29) is 11.1 Å². The van der Waals surface area contributed by atoms with Gasteiger partial charge in [0.15, 0.2) is 11.5 Å². The number of H-pyrrole nitrogens is 1. The molecule has 0 fully saturated rings. The molecule has 0 unspecified atom stereocenters. The van der Waals surface area contributed by atoms with Crippen LogP contribution in [0.15, 0.2) is 93.9 Å². The molecule has 1 aliphatic rings. The molecule has 198 valence electrons. The van der Waals surface area contributed by atoms with E-state index in [9.17, 15) is 9.59 Å². The molecule has 0 amide bonds. The molecule has 0 aliphatic carbocycles. The van der Waals surface area contributed by atoms with Crippen molar-refractivity contribution in [3.8, 4) is 17.4 Å². The van der Waals surface area contributed by atoms with Crippen LogP contribution in [0.25, 0.3) is 27.8 Å². The Morgan fingerprint density at radius 3 is 2.42 bits per heavy atom. The number of nitrogens with one attached hydrogen (secondary N) is 1. The van der Waals surface area contributed by atoms with Crippen molar-refractivity contribution in [1.82, 2.24) is 29.3 Å². The lowest BCUT2D eigenvalue weighted by atomic mass is 10.1. The lowest BCUT2D eigenvalue weighted by Gasteiger charge is -2.19. The van der Waals surface area contributed by atoms with E-state index in [0.717, 1.165) is 11.1 Å². The smallest absolute Gasteiger partial charge is 0.266 e. The highest BCUT2D eigenvalue weighted by Crippen LogP contribution is 2.31. The van der Waals surface area contributed by atoms with Crippen LogP contribution in [0.3, 0.4) is 0 Å². The quantitative estimate of drug-likeness (QED) is 0.245. The van der Waals surface area contributed by atoms with Gasteiger partial charge in [0.25, 0.3) is 11.1 Å². The third kappa shape index (κ3) is 4.50. The van der Waals surface area contributed by atoms with Gasteiger partial charge in [-0.2, -0.15) is 4.98 Å². The fourth-order valence-corrected chi connectivity index (χ4v) is 5.42. The summed E-state index contributed by atoms with van der Waals surface area (Å²) in [4.78, 5) is 36.0. The van der Waals surface area contributed by atoms with Gasteiger partial charge in [-0.05, 0) is 41.5 Å². The number of hydrogen-bond acceptors (Lipinski definition) is 8. The summed E-state index contributed by atoms with van der Waals surface area (Å²) in [5.41, 5.74) is 2.48. The maximum absolute atomic E-state index is 13.5.